The molecule has 3 aromatic rings. The molecule has 0 N–H and O–H groups in total. The van der Waals surface area contributed by atoms with Crippen LogP contribution in [0.1, 0.15) is 90.9 Å². The van der Waals surface area contributed by atoms with Crippen LogP contribution in [0.5, 0.6) is 0 Å². The molecule has 4 unspecified atom stereocenters. The fraction of sp³-hybridized carbons (Fsp3) is 0.438. The molecule has 35 heavy (non-hydrogen) atoms. The summed E-state index contributed by atoms with van der Waals surface area (Å²) in [5.74, 6) is -1.93. The first kappa shape index (κ1) is 16.1. The normalized spacial score (nSPS) is 38.4. The minimum atomic E-state index is -1.05. The summed E-state index contributed by atoms with van der Waals surface area (Å²) in [6.45, 7) is 4.23. The van der Waals surface area contributed by atoms with Crippen molar-refractivity contribution in [2.75, 3.05) is 9.80 Å². The molecule has 0 radical (unpaired) electrons. The first-order valence-corrected chi connectivity index (χ1v) is 13.7. The summed E-state index contributed by atoms with van der Waals surface area (Å²) in [5.41, 5.74) is 12.2. The van der Waals surface area contributed by atoms with E-state index in [9.17, 15) is 5.48 Å². The van der Waals surface area contributed by atoms with Gasteiger partial charge in [0.05, 0.1) is 2.74 Å². The average Bonchev–Trinajstić information content (AvgIpc) is 3.28. The van der Waals surface area contributed by atoms with Crippen LogP contribution in [0.2, 0.25) is 0 Å². The average molecular weight is 460 g/mol. The second-order valence-electron chi connectivity index (χ2n) is 11.5. The molecule has 2 nitrogen and oxygen atoms in total. The fourth-order valence-corrected chi connectivity index (χ4v) is 8.44. The lowest BCUT2D eigenvalue weighted by Gasteiger charge is -2.45. The quantitative estimate of drug-likeness (QED) is 0.391. The molecule has 2 aliphatic carbocycles. The largest absolute Gasteiger partial charge is 0.338 e. The summed E-state index contributed by atoms with van der Waals surface area (Å²) in [6, 6.07) is 13.2. The van der Waals surface area contributed by atoms with E-state index in [1.807, 2.05) is 0 Å². The number of rotatable bonds is 0. The number of anilines is 4. The van der Waals surface area contributed by atoms with Crippen molar-refractivity contribution in [3.63, 3.8) is 0 Å². The van der Waals surface area contributed by atoms with Crippen molar-refractivity contribution >= 4 is 45.9 Å². The Balaban J connectivity index is 1.43. The number of hydrogen-bond acceptors (Lipinski definition) is 2. The summed E-state index contributed by atoms with van der Waals surface area (Å²) in [6.07, 6.45) is 6.71. The fourth-order valence-electron chi connectivity index (χ4n) is 8.44. The highest BCUT2D eigenvalue weighted by atomic mass is 15.2. The third-order valence-electron chi connectivity index (χ3n) is 9.76. The summed E-state index contributed by atoms with van der Waals surface area (Å²) >= 11 is 0. The summed E-state index contributed by atoms with van der Waals surface area (Å²) in [5, 5.41) is 0. The van der Waals surface area contributed by atoms with Crippen molar-refractivity contribution < 1.29 is 5.48 Å². The molecule has 0 amide bonds. The van der Waals surface area contributed by atoms with Crippen molar-refractivity contribution in [1.29, 1.82) is 0 Å². The van der Waals surface area contributed by atoms with Crippen LogP contribution in [0.4, 0.5) is 22.7 Å². The van der Waals surface area contributed by atoms with E-state index in [0.717, 1.165) is 70.7 Å². The number of fused-ring (bicyclic) bond motifs is 10. The summed E-state index contributed by atoms with van der Waals surface area (Å²) in [7, 11) is 0. The summed E-state index contributed by atoms with van der Waals surface area (Å²) < 4.78 is 39.8. The Morgan fingerprint density at radius 3 is 1.69 bits per heavy atom. The van der Waals surface area contributed by atoms with Crippen molar-refractivity contribution in [3.8, 4) is 0 Å². The van der Waals surface area contributed by atoms with Crippen LogP contribution in [0.3, 0.4) is 0 Å². The van der Waals surface area contributed by atoms with E-state index >= 15 is 0 Å². The highest BCUT2D eigenvalue weighted by Crippen LogP contribution is 2.56. The highest BCUT2D eigenvalue weighted by molar-refractivity contribution is 7.00. The maximum Gasteiger partial charge on any atom is 0.252 e. The van der Waals surface area contributed by atoms with Crippen LogP contribution in [-0.4, -0.2) is 18.7 Å². The van der Waals surface area contributed by atoms with Gasteiger partial charge in [-0.05, 0) is 90.3 Å². The van der Waals surface area contributed by atoms with Gasteiger partial charge in [-0.15, -0.1) is 0 Å². The van der Waals surface area contributed by atoms with E-state index in [2.05, 4.69) is 66.1 Å². The van der Waals surface area contributed by atoms with E-state index < -0.39 is 23.8 Å². The zero-order valence-electron chi connectivity index (χ0n) is 24.7. The minimum absolute atomic E-state index is 0.0212. The Labute approximate surface area is 215 Å². The van der Waals surface area contributed by atoms with E-state index in [1.165, 1.54) is 16.4 Å². The van der Waals surface area contributed by atoms with Crippen LogP contribution in [-0.2, 0) is 0 Å². The Hall–Kier alpha value is -2.68. The Morgan fingerprint density at radius 2 is 1.17 bits per heavy atom. The van der Waals surface area contributed by atoms with Crippen LogP contribution in [0, 0.1) is 13.8 Å². The van der Waals surface area contributed by atoms with Gasteiger partial charge in [-0.25, -0.2) is 0 Å². The van der Waals surface area contributed by atoms with Gasteiger partial charge in [-0.2, -0.15) is 0 Å². The monoisotopic (exact) mass is 460 g/mol. The molecule has 0 spiro atoms. The van der Waals surface area contributed by atoms with Gasteiger partial charge in [-0.3, -0.25) is 0 Å². The van der Waals surface area contributed by atoms with Crippen molar-refractivity contribution in [2.24, 2.45) is 0 Å². The molecule has 4 heterocycles. The summed E-state index contributed by atoms with van der Waals surface area (Å²) in [4.78, 5) is 4.49. The maximum absolute atomic E-state index is 10.00. The second kappa shape index (κ2) is 6.55. The number of aryl methyl sites for hydroxylation is 2. The molecular weight excluding hydrogens is 423 g/mol. The molecule has 174 valence electrons. The molecule has 0 aromatic heterocycles. The van der Waals surface area contributed by atoms with Gasteiger partial charge < -0.3 is 9.80 Å². The third kappa shape index (κ3) is 2.17. The zero-order chi connectivity index (χ0) is 26.7. The van der Waals surface area contributed by atoms with Gasteiger partial charge in [0, 0.05) is 49.3 Å². The smallest absolute Gasteiger partial charge is 0.252 e. The van der Waals surface area contributed by atoms with Crippen LogP contribution < -0.4 is 26.2 Å². The minimum Gasteiger partial charge on any atom is -0.338 e. The Kier molecular flexibility index (Phi) is 3.02. The van der Waals surface area contributed by atoms with Crippen molar-refractivity contribution in [3.05, 3.63) is 64.7 Å². The molecule has 3 heteroatoms. The number of nitrogens with zero attached hydrogens (tertiary/aromatic N) is 2. The first-order chi connectivity index (χ1) is 18.7. The lowest BCUT2D eigenvalue weighted by molar-refractivity contribution is 0.400. The predicted octanol–water partition coefficient (Wildman–Crippen LogP) is 5.80. The van der Waals surface area contributed by atoms with Crippen molar-refractivity contribution in [2.45, 2.75) is 89.0 Å². The maximum atomic E-state index is 10.00. The van der Waals surface area contributed by atoms with E-state index in [4.69, 9.17) is 0 Å². The molecule has 0 bridgehead atoms. The molecule has 4 aliphatic heterocycles. The SMILES string of the molecule is [2H]C12CCCCC1([2H])N1c3cccc4c3B(c3ccc(C)c2c31)c1ccc(C)c2c1N4C1([2H])CCCCC21[2H]. The third-order valence-corrected chi connectivity index (χ3v) is 9.76. The van der Waals surface area contributed by atoms with Gasteiger partial charge in [0.1, 0.15) is 0 Å². The molecule has 2 saturated carbocycles. The molecular formula is C32H33BN2. The lowest BCUT2D eigenvalue weighted by Crippen LogP contribution is -2.63. The molecule has 9 rings (SSSR count). The first-order valence-electron chi connectivity index (χ1n) is 15.7. The van der Waals surface area contributed by atoms with Crippen LogP contribution in [0.15, 0.2) is 42.5 Å². The standard InChI is InChI=1S/C32H33BN2/c1-18-14-16-22-31-28(18)20-8-3-5-10-24(20)34(31)26-12-7-13-27-30(26)33(22)23-17-15-19(2)29-21-9-4-6-11-25(21)35(27)32(23)29/h7,12-17,20-21,24-25H,3-6,8-11H2,1-2H3/i20D,21D,24D,25D. The molecule has 6 aliphatic rings. The number of hydrogen-bond donors (Lipinski definition) is 0. The Bertz CT molecular complexity index is 1540. The van der Waals surface area contributed by atoms with E-state index in [-0.39, 0.29) is 6.71 Å². The van der Waals surface area contributed by atoms with Gasteiger partial charge in [0.15, 0.2) is 0 Å². The lowest BCUT2D eigenvalue weighted by atomic mass is 9.33. The second-order valence-corrected chi connectivity index (χ2v) is 11.5. The zero-order valence-corrected chi connectivity index (χ0v) is 20.7. The van der Waals surface area contributed by atoms with Gasteiger partial charge in [0.2, 0.25) is 0 Å². The van der Waals surface area contributed by atoms with Crippen LogP contribution >= 0.6 is 0 Å². The molecule has 2 fully saturated rings. The Morgan fingerprint density at radius 1 is 0.686 bits per heavy atom. The van der Waals surface area contributed by atoms with Gasteiger partial charge in [0.25, 0.3) is 6.71 Å². The molecule has 4 atom stereocenters. The van der Waals surface area contributed by atoms with Crippen molar-refractivity contribution in [1.82, 2.24) is 0 Å². The van der Waals surface area contributed by atoms with Gasteiger partial charge >= 0.3 is 0 Å². The van der Waals surface area contributed by atoms with Gasteiger partial charge in [-0.1, -0.05) is 56.0 Å². The molecule has 0 saturated heterocycles. The highest BCUT2D eigenvalue weighted by Gasteiger charge is 2.53. The van der Waals surface area contributed by atoms with E-state index in [1.54, 1.807) is 0 Å². The molecule has 3 aromatic carbocycles. The van der Waals surface area contributed by atoms with Crippen LogP contribution in [0.25, 0.3) is 0 Å². The topological polar surface area (TPSA) is 6.48 Å². The number of benzene rings is 3. The van der Waals surface area contributed by atoms with E-state index in [0.29, 0.717) is 25.7 Å². The predicted molar refractivity (Wildman–Crippen MR) is 148 cm³/mol.